The highest BCUT2D eigenvalue weighted by molar-refractivity contribution is 7.89. The number of esters is 1. The maximum absolute atomic E-state index is 13.1. The van der Waals surface area contributed by atoms with Crippen LogP contribution < -0.4 is 0 Å². The van der Waals surface area contributed by atoms with Crippen molar-refractivity contribution in [3.63, 3.8) is 0 Å². The van der Waals surface area contributed by atoms with Crippen molar-refractivity contribution in [2.24, 2.45) is 5.92 Å². The molecule has 0 saturated carbocycles. The summed E-state index contributed by atoms with van der Waals surface area (Å²) in [5.41, 5.74) is 1.69. The van der Waals surface area contributed by atoms with Gasteiger partial charge in [0.25, 0.3) is 10.0 Å². The number of benzene rings is 2. The lowest BCUT2D eigenvalue weighted by molar-refractivity contribution is -0.151. The van der Waals surface area contributed by atoms with Crippen LogP contribution in [0, 0.1) is 12.8 Å². The molecule has 1 heterocycles. The monoisotopic (exact) mass is 401 g/mol. The number of ether oxygens (including phenoxy) is 1. The van der Waals surface area contributed by atoms with E-state index >= 15 is 0 Å². The van der Waals surface area contributed by atoms with Crippen LogP contribution in [0.5, 0.6) is 0 Å². The Morgan fingerprint density at radius 3 is 2.36 bits per heavy atom. The minimum absolute atomic E-state index is 0.00664. The van der Waals surface area contributed by atoms with Gasteiger partial charge in [-0.2, -0.15) is 0 Å². The van der Waals surface area contributed by atoms with E-state index in [0.717, 1.165) is 15.4 Å². The molecule has 2 aromatic carbocycles. The SMILES string of the molecule is CC[C@@H]1CC(=O)N(S(=O)(=O)c2ccc(C)cc2)[C@@H]1C(=O)OCc1ccccc1. The van der Waals surface area contributed by atoms with Crippen LogP contribution >= 0.6 is 0 Å². The topological polar surface area (TPSA) is 80.8 Å². The Hall–Kier alpha value is -2.67. The van der Waals surface area contributed by atoms with Gasteiger partial charge in [0, 0.05) is 6.42 Å². The molecule has 0 aromatic heterocycles. The molecule has 1 aliphatic rings. The number of hydrogen-bond acceptors (Lipinski definition) is 5. The van der Waals surface area contributed by atoms with Crippen LogP contribution in [-0.2, 0) is 31.0 Å². The Morgan fingerprint density at radius 2 is 1.75 bits per heavy atom. The number of rotatable bonds is 6. The third-order valence-corrected chi connectivity index (χ3v) is 6.77. The minimum atomic E-state index is -4.14. The van der Waals surface area contributed by atoms with E-state index in [1.807, 2.05) is 44.2 Å². The molecule has 2 aromatic rings. The van der Waals surface area contributed by atoms with Gasteiger partial charge in [-0.25, -0.2) is 17.5 Å². The van der Waals surface area contributed by atoms with Gasteiger partial charge in [-0.3, -0.25) is 4.79 Å². The molecule has 1 amide bonds. The van der Waals surface area contributed by atoms with Crippen molar-refractivity contribution in [1.29, 1.82) is 0 Å². The fraction of sp³-hybridized carbons (Fsp3) is 0.333. The molecule has 1 aliphatic heterocycles. The van der Waals surface area contributed by atoms with Gasteiger partial charge in [0.2, 0.25) is 5.91 Å². The molecule has 1 fully saturated rings. The summed E-state index contributed by atoms with van der Waals surface area (Å²) >= 11 is 0. The van der Waals surface area contributed by atoms with E-state index in [4.69, 9.17) is 4.74 Å². The highest BCUT2D eigenvalue weighted by atomic mass is 32.2. The number of amides is 1. The molecule has 0 radical (unpaired) electrons. The largest absolute Gasteiger partial charge is 0.459 e. The summed E-state index contributed by atoms with van der Waals surface area (Å²) in [7, 11) is -4.14. The van der Waals surface area contributed by atoms with Crippen molar-refractivity contribution in [1.82, 2.24) is 4.31 Å². The standard InChI is InChI=1S/C21H23NO5S/c1-3-17-13-19(23)22(28(25,26)18-11-9-15(2)10-12-18)20(17)21(24)27-14-16-7-5-4-6-8-16/h4-12,17,20H,3,13-14H2,1-2H3/t17-,20+/m1/s1. The van der Waals surface area contributed by atoms with Crippen LogP contribution in [0.3, 0.4) is 0 Å². The molecule has 7 heteroatoms. The van der Waals surface area contributed by atoms with Gasteiger partial charge in [0.1, 0.15) is 12.6 Å². The van der Waals surface area contributed by atoms with Crippen molar-refractivity contribution >= 4 is 21.9 Å². The summed E-state index contributed by atoms with van der Waals surface area (Å²) in [6.45, 7) is 3.70. The van der Waals surface area contributed by atoms with Crippen molar-refractivity contribution in [3.8, 4) is 0 Å². The lowest BCUT2D eigenvalue weighted by Crippen LogP contribution is -2.45. The third kappa shape index (κ3) is 3.94. The summed E-state index contributed by atoms with van der Waals surface area (Å²) in [6, 6.07) is 14.2. The first-order valence-electron chi connectivity index (χ1n) is 9.19. The quantitative estimate of drug-likeness (QED) is 0.695. The fourth-order valence-corrected chi connectivity index (χ4v) is 4.96. The molecule has 0 aliphatic carbocycles. The second-order valence-corrected chi connectivity index (χ2v) is 8.73. The zero-order chi connectivity index (χ0) is 20.3. The number of nitrogens with zero attached hydrogens (tertiary/aromatic N) is 1. The Kier molecular flexibility index (Phi) is 5.84. The Balaban J connectivity index is 1.88. The second kappa shape index (κ2) is 8.14. The number of carbonyl (C=O) groups excluding carboxylic acids is 2. The number of aryl methyl sites for hydroxylation is 1. The molecule has 0 spiro atoms. The number of hydrogen-bond donors (Lipinski definition) is 0. The zero-order valence-corrected chi connectivity index (χ0v) is 16.7. The van der Waals surface area contributed by atoms with Crippen molar-refractivity contribution < 1.29 is 22.7 Å². The van der Waals surface area contributed by atoms with Gasteiger partial charge in [-0.1, -0.05) is 61.4 Å². The molecule has 6 nitrogen and oxygen atoms in total. The minimum Gasteiger partial charge on any atom is -0.459 e. The predicted molar refractivity (Wildman–Crippen MR) is 104 cm³/mol. The molecule has 2 atom stereocenters. The molecule has 148 valence electrons. The van der Waals surface area contributed by atoms with E-state index in [1.54, 1.807) is 12.1 Å². The van der Waals surface area contributed by atoms with E-state index in [-0.39, 0.29) is 17.9 Å². The van der Waals surface area contributed by atoms with Gasteiger partial charge >= 0.3 is 5.97 Å². The Morgan fingerprint density at radius 1 is 1.11 bits per heavy atom. The van der Waals surface area contributed by atoms with E-state index < -0.39 is 33.9 Å². The molecular formula is C21H23NO5S. The van der Waals surface area contributed by atoms with Gasteiger partial charge in [-0.15, -0.1) is 0 Å². The molecule has 0 unspecified atom stereocenters. The van der Waals surface area contributed by atoms with E-state index in [2.05, 4.69) is 0 Å². The highest BCUT2D eigenvalue weighted by Gasteiger charge is 2.50. The van der Waals surface area contributed by atoms with E-state index in [9.17, 15) is 18.0 Å². The summed E-state index contributed by atoms with van der Waals surface area (Å²) in [5.74, 6) is -1.68. The van der Waals surface area contributed by atoms with Gasteiger partial charge in [0.15, 0.2) is 0 Å². The van der Waals surface area contributed by atoms with Crippen LogP contribution in [0.25, 0.3) is 0 Å². The van der Waals surface area contributed by atoms with Crippen LogP contribution in [0.4, 0.5) is 0 Å². The molecule has 1 saturated heterocycles. The number of carbonyl (C=O) groups is 2. The van der Waals surface area contributed by atoms with Gasteiger partial charge < -0.3 is 4.74 Å². The Bertz CT molecular complexity index is 954. The van der Waals surface area contributed by atoms with Crippen LogP contribution in [0.15, 0.2) is 59.5 Å². The summed E-state index contributed by atoms with van der Waals surface area (Å²) in [6.07, 6.45) is 0.503. The van der Waals surface area contributed by atoms with E-state index in [0.29, 0.717) is 6.42 Å². The summed E-state index contributed by atoms with van der Waals surface area (Å²) < 4.78 is 32.3. The summed E-state index contributed by atoms with van der Waals surface area (Å²) in [5, 5.41) is 0. The predicted octanol–water partition coefficient (Wildman–Crippen LogP) is 3.05. The lowest BCUT2D eigenvalue weighted by atomic mass is 9.98. The Labute approximate surface area is 165 Å². The van der Waals surface area contributed by atoms with Gasteiger partial charge in [-0.05, 0) is 30.5 Å². The van der Waals surface area contributed by atoms with Crippen molar-refractivity contribution in [2.75, 3.05) is 0 Å². The third-order valence-electron chi connectivity index (χ3n) is 4.95. The molecule has 28 heavy (non-hydrogen) atoms. The van der Waals surface area contributed by atoms with Crippen molar-refractivity contribution in [2.45, 2.75) is 44.2 Å². The van der Waals surface area contributed by atoms with E-state index in [1.165, 1.54) is 12.1 Å². The zero-order valence-electron chi connectivity index (χ0n) is 15.9. The van der Waals surface area contributed by atoms with Crippen molar-refractivity contribution in [3.05, 3.63) is 65.7 Å². The lowest BCUT2D eigenvalue weighted by Gasteiger charge is -2.25. The fourth-order valence-electron chi connectivity index (χ4n) is 3.35. The molecular weight excluding hydrogens is 378 g/mol. The summed E-state index contributed by atoms with van der Waals surface area (Å²) in [4.78, 5) is 25.3. The van der Waals surface area contributed by atoms with Crippen LogP contribution in [0.2, 0.25) is 0 Å². The molecule has 3 rings (SSSR count). The van der Waals surface area contributed by atoms with Crippen LogP contribution in [0.1, 0.15) is 30.9 Å². The van der Waals surface area contributed by atoms with Crippen LogP contribution in [-0.4, -0.2) is 30.6 Å². The first-order chi connectivity index (χ1) is 13.3. The molecule has 0 bridgehead atoms. The normalized spacial score (nSPS) is 19.6. The second-order valence-electron chi connectivity index (χ2n) is 6.92. The highest BCUT2D eigenvalue weighted by Crippen LogP contribution is 2.34. The first-order valence-corrected chi connectivity index (χ1v) is 10.6. The maximum atomic E-state index is 13.1. The first kappa shape index (κ1) is 20.1. The smallest absolute Gasteiger partial charge is 0.330 e. The molecule has 0 N–H and O–H groups in total. The maximum Gasteiger partial charge on any atom is 0.330 e. The average Bonchev–Trinajstić information content (AvgIpc) is 3.04. The number of sulfonamides is 1. The average molecular weight is 401 g/mol. The van der Waals surface area contributed by atoms with Gasteiger partial charge in [0.05, 0.1) is 4.90 Å².